The Morgan fingerprint density at radius 1 is 1.46 bits per heavy atom. The number of nitrogens with one attached hydrogen (secondary N) is 1. The summed E-state index contributed by atoms with van der Waals surface area (Å²) in [6.45, 7) is 4.69. The second-order valence-corrected chi connectivity index (χ2v) is 3.71. The molecule has 0 aromatic rings. The number of piperidine rings is 1. The standard InChI is InChI=1S/C9H19N3O/c1-8(9(10)13)7-11-12-5-3-2-4-6-12/h8,11H,2-7H2,1H3,(H2,10,13). The Morgan fingerprint density at radius 3 is 2.62 bits per heavy atom. The van der Waals surface area contributed by atoms with Gasteiger partial charge < -0.3 is 5.73 Å². The van der Waals surface area contributed by atoms with Gasteiger partial charge in [0.15, 0.2) is 0 Å². The van der Waals surface area contributed by atoms with E-state index in [4.69, 9.17) is 5.73 Å². The Kier molecular flexibility index (Phi) is 4.18. The molecule has 0 aromatic heterocycles. The highest BCUT2D eigenvalue weighted by atomic mass is 16.1. The fraction of sp³-hybridized carbons (Fsp3) is 0.889. The summed E-state index contributed by atoms with van der Waals surface area (Å²) in [5, 5.41) is 2.18. The molecular formula is C9H19N3O. The maximum absolute atomic E-state index is 10.7. The van der Waals surface area contributed by atoms with E-state index in [9.17, 15) is 4.79 Å². The third kappa shape index (κ3) is 3.74. The fourth-order valence-electron chi connectivity index (χ4n) is 1.42. The third-order valence-electron chi connectivity index (χ3n) is 2.46. The molecular weight excluding hydrogens is 166 g/mol. The molecule has 0 bridgehead atoms. The molecule has 1 fully saturated rings. The third-order valence-corrected chi connectivity index (χ3v) is 2.46. The number of rotatable bonds is 4. The fourth-order valence-corrected chi connectivity index (χ4v) is 1.42. The predicted molar refractivity (Wildman–Crippen MR) is 51.8 cm³/mol. The molecule has 1 saturated heterocycles. The highest BCUT2D eigenvalue weighted by Gasteiger charge is 2.12. The zero-order valence-corrected chi connectivity index (χ0v) is 8.25. The Bertz CT molecular complexity index is 166. The number of hydrazine groups is 1. The molecule has 13 heavy (non-hydrogen) atoms. The number of amides is 1. The van der Waals surface area contributed by atoms with Gasteiger partial charge in [-0.15, -0.1) is 0 Å². The van der Waals surface area contributed by atoms with Crippen LogP contribution < -0.4 is 11.2 Å². The van der Waals surface area contributed by atoms with Crippen molar-refractivity contribution >= 4 is 5.91 Å². The van der Waals surface area contributed by atoms with Crippen LogP contribution in [0.15, 0.2) is 0 Å². The Hall–Kier alpha value is -0.610. The summed E-state index contributed by atoms with van der Waals surface area (Å²) in [4.78, 5) is 10.7. The molecule has 1 aliphatic rings. The van der Waals surface area contributed by atoms with Crippen LogP contribution in [-0.2, 0) is 4.79 Å². The minimum absolute atomic E-state index is 0.0815. The van der Waals surface area contributed by atoms with Crippen LogP contribution in [0.5, 0.6) is 0 Å². The lowest BCUT2D eigenvalue weighted by molar-refractivity contribution is -0.121. The van der Waals surface area contributed by atoms with Crippen molar-refractivity contribution in [3.63, 3.8) is 0 Å². The molecule has 0 radical (unpaired) electrons. The van der Waals surface area contributed by atoms with Gasteiger partial charge in [-0.1, -0.05) is 13.3 Å². The summed E-state index contributed by atoms with van der Waals surface area (Å²) in [6.07, 6.45) is 3.82. The van der Waals surface area contributed by atoms with Gasteiger partial charge in [0.1, 0.15) is 0 Å². The molecule has 0 aliphatic carbocycles. The summed E-state index contributed by atoms with van der Waals surface area (Å²) < 4.78 is 0. The van der Waals surface area contributed by atoms with E-state index in [0.717, 1.165) is 13.1 Å². The first-order chi connectivity index (χ1) is 6.20. The number of hydrogen-bond acceptors (Lipinski definition) is 3. The molecule has 0 aromatic carbocycles. The van der Waals surface area contributed by atoms with Crippen LogP contribution in [0, 0.1) is 5.92 Å². The molecule has 4 nitrogen and oxygen atoms in total. The minimum atomic E-state index is -0.232. The van der Waals surface area contributed by atoms with Gasteiger partial charge in [-0.3, -0.25) is 10.2 Å². The van der Waals surface area contributed by atoms with Gasteiger partial charge in [0.05, 0.1) is 0 Å². The van der Waals surface area contributed by atoms with Crippen molar-refractivity contribution in [2.75, 3.05) is 19.6 Å². The average molecular weight is 185 g/mol. The molecule has 1 atom stereocenters. The van der Waals surface area contributed by atoms with E-state index in [1.54, 1.807) is 0 Å². The lowest BCUT2D eigenvalue weighted by Gasteiger charge is -2.27. The van der Waals surface area contributed by atoms with Crippen molar-refractivity contribution in [2.24, 2.45) is 11.7 Å². The molecule has 1 aliphatic heterocycles. The first-order valence-corrected chi connectivity index (χ1v) is 4.98. The van der Waals surface area contributed by atoms with E-state index in [1.165, 1.54) is 19.3 Å². The average Bonchev–Trinajstić information content (AvgIpc) is 2.15. The topological polar surface area (TPSA) is 58.4 Å². The Labute approximate surface area is 79.4 Å². The van der Waals surface area contributed by atoms with Crippen molar-refractivity contribution < 1.29 is 4.79 Å². The SMILES string of the molecule is CC(CNN1CCCCC1)C(N)=O. The van der Waals surface area contributed by atoms with Crippen LogP contribution in [0.25, 0.3) is 0 Å². The molecule has 3 N–H and O–H groups in total. The van der Waals surface area contributed by atoms with Gasteiger partial charge in [-0.2, -0.15) is 0 Å². The van der Waals surface area contributed by atoms with E-state index in [2.05, 4.69) is 10.4 Å². The van der Waals surface area contributed by atoms with Gasteiger partial charge in [0.25, 0.3) is 0 Å². The molecule has 1 unspecified atom stereocenters. The lowest BCUT2D eigenvalue weighted by atomic mass is 10.1. The van der Waals surface area contributed by atoms with Crippen LogP contribution in [0.1, 0.15) is 26.2 Å². The van der Waals surface area contributed by atoms with Crippen LogP contribution in [0.3, 0.4) is 0 Å². The summed E-state index contributed by atoms with van der Waals surface area (Å²) in [7, 11) is 0. The van der Waals surface area contributed by atoms with Gasteiger partial charge >= 0.3 is 0 Å². The summed E-state index contributed by atoms with van der Waals surface area (Å²) in [5.74, 6) is -0.313. The molecule has 1 rings (SSSR count). The Morgan fingerprint density at radius 2 is 2.08 bits per heavy atom. The number of nitrogens with two attached hydrogens (primary N) is 1. The van der Waals surface area contributed by atoms with Crippen LogP contribution in [-0.4, -0.2) is 30.6 Å². The van der Waals surface area contributed by atoms with Crippen LogP contribution >= 0.6 is 0 Å². The number of carbonyl (C=O) groups excluding carboxylic acids is 1. The summed E-state index contributed by atoms with van der Waals surface area (Å²) in [5.41, 5.74) is 8.39. The molecule has 1 heterocycles. The number of primary amides is 1. The van der Waals surface area contributed by atoms with Crippen molar-refractivity contribution in [2.45, 2.75) is 26.2 Å². The van der Waals surface area contributed by atoms with E-state index >= 15 is 0 Å². The first-order valence-electron chi connectivity index (χ1n) is 4.98. The minimum Gasteiger partial charge on any atom is -0.369 e. The van der Waals surface area contributed by atoms with E-state index in [1.807, 2.05) is 6.92 Å². The van der Waals surface area contributed by atoms with Gasteiger partial charge in [-0.05, 0) is 12.8 Å². The van der Waals surface area contributed by atoms with Crippen LogP contribution in [0.2, 0.25) is 0 Å². The van der Waals surface area contributed by atoms with Gasteiger partial charge in [0, 0.05) is 25.6 Å². The molecule has 76 valence electrons. The highest BCUT2D eigenvalue weighted by molar-refractivity contribution is 5.76. The summed E-state index contributed by atoms with van der Waals surface area (Å²) in [6, 6.07) is 0. The monoisotopic (exact) mass is 185 g/mol. The molecule has 0 saturated carbocycles. The summed E-state index contributed by atoms with van der Waals surface area (Å²) >= 11 is 0. The second-order valence-electron chi connectivity index (χ2n) is 3.71. The maximum Gasteiger partial charge on any atom is 0.221 e. The lowest BCUT2D eigenvalue weighted by Crippen LogP contribution is -2.45. The smallest absolute Gasteiger partial charge is 0.221 e. The highest BCUT2D eigenvalue weighted by Crippen LogP contribution is 2.05. The molecule has 0 spiro atoms. The molecule has 4 heteroatoms. The zero-order valence-electron chi connectivity index (χ0n) is 8.25. The normalized spacial score (nSPS) is 21.3. The van der Waals surface area contributed by atoms with Crippen molar-refractivity contribution in [1.82, 2.24) is 10.4 Å². The molecule has 1 amide bonds. The van der Waals surface area contributed by atoms with Gasteiger partial charge in [0.2, 0.25) is 5.91 Å². The first kappa shape index (κ1) is 10.5. The van der Waals surface area contributed by atoms with Crippen molar-refractivity contribution in [1.29, 1.82) is 0 Å². The van der Waals surface area contributed by atoms with Crippen molar-refractivity contribution in [3.8, 4) is 0 Å². The maximum atomic E-state index is 10.7. The van der Waals surface area contributed by atoms with E-state index in [-0.39, 0.29) is 11.8 Å². The number of nitrogens with zero attached hydrogens (tertiary/aromatic N) is 1. The quantitative estimate of drug-likeness (QED) is 0.653. The number of hydrogen-bond donors (Lipinski definition) is 2. The largest absolute Gasteiger partial charge is 0.369 e. The van der Waals surface area contributed by atoms with Crippen molar-refractivity contribution in [3.05, 3.63) is 0 Å². The second kappa shape index (κ2) is 5.19. The Balaban J connectivity index is 2.13. The van der Waals surface area contributed by atoms with Gasteiger partial charge in [-0.25, -0.2) is 5.01 Å². The van der Waals surface area contributed by atoms with Crippen LogP contribution in [0.4, 0.5) is 0 Å². The number of carbonyl (C=O) groups is 1. The predicted octanol–water partition coefficient (Wildman–Crippen LogP) is 0.0983. The van der Waals surface area contributed by atoms with E-state index < -0.39 is 0 Å². The zero-order chi connectivity index (χ0) is 9.68. The van der Waals surface area contributed by atoms with E-state index in [0.29, 0.717) is 6.54 Å².